The van der Waals surface area contributed by atoms with Crippen LogP contribution in [0.25, 0.3) is 0 Å². The van der Waals surface area contributed by atoms with Gasteiger partial charge in [0.2, 0.25) is 0 Å². The molecular formula is C14H20ClNOS. The van der Waals surface area contributed by atoms with Crippen LogP contribution in [0.3, 0.4) is 0 Å². The Kier molecular flexibility index (Phi) is 4.68. The standard InChI is InChI=1S/C14H20ClNOS/c1-11-5-8-18-12(11)13(17)16-10-14(9-15)6-3-2-4-7-14/h5,8H,2-4,6-7,9-10H2,1H3,(H,16,17). The lowest BCUT2D eigenvalue weighted by molar-refractivity contribution is 0.0924. The second-order valence-corrected chi connectivity index (χ2v) is 6.49. The van der Waals surface area contributed by atoms with Crippen molar-refractivity contribution < 1.29 is 4.79 Å². The molecule has 1 fully saturated rings. The molecule has 2 nitrogen and oxygen atoms in total. The molecule has 1 aliphatic rings. The second kappa shape index (κ2) is 6.07. The van der Waals surface area contributed by atoms with Crippen LogP contribution < -0.4 is 5.32 Å². The molecule has 1 aliphatic carbocycles. The molecule has 4 heteroatoms. The van der Waals surface area contributed by atoms with Gasteiger partial charge in [-0.2, -0.15) is 0 Å². The Balaban J connectivity index is 1.94. The number of alkyl halides is 1. The number of carbonyl (C=O) groups excluding carboxylic acids is 1. The van der Waals surface area contributed by atoms with Gasteiger partial charge in [-0.3, -0.25) is 4.79 Å². The molecule has 0 spiro atoms. The van der Waals surface area contributed by atoms with E-state index in [1.807, 2.05) is 18.4 Å². The van der Waals surface area contributed by atoms with Gasteiger partial charge in [0.05, 0.1) is 4.88 Å². The third-order valence-corrected chi connectivity index (χ3v) is 5.47. The number of rotatable bonds is 4. The van der Waals surface area contributed by atoms with Crippen molar-refractivity contribution in [1.29, 1.82) is 0 Å². The third-order valence-electron chi connectivity index (χ3n) is 3.89. The fourth-order valence-corrected chi connectivity index (χ4v) is 3.82. The topological polar surface area (TPSA) is 29.1 Å². The summed E-state index contributed by atoms with van der Waals surface area (Å²) in [5.41, 5.74) is 1.18. The maximum atomic E-state index is 12.1. The molecule has 1 aromatic rings. The summed E-state index contributed by atoms with van der Waals surface area (Å²) >= 11 is 7.63. The molecule has 0 unspecified atom stereocenters. The number of amides is 1. The van der Waals surface area contributed by atoms with E-state index < -0.39 is 0 Å². The molecule has 2 rings (SSSR count). The zero-order valence-corrected chi connectivity index (χ0v) is 12.4. The van der Waals surface area contributed by atoms with Crippen LogP contribution in [0.2, 0.25) is 0 Å². The molecule has 0 radical (unpaired) electrons. The molecule has 1 aromatic heterocycles. The summed E-state index contributed by atoms with van der Waals surface area (Å²) in [6, 6.07) is 1.98. The average Bonchev–Trinajstić information content (AvgIpc) is 2.83. The number of halogens is 1. The molecule has 0 aliphatic heterocycles. The first kappa shape index (κ1) is 13.9. The number of aryl methyl sites for hydroxylation is 1. The van der Waals surface area contributed by atoms with E-state index in [-0.39, 0.29) is 11.3 Å². The normalized spacial score (nSPS) is 18.6. The maximum Gasteiger partial charge on any atom is 0.261 e. The summed E-state index contributed by atoms with van der Waals surface area (Å²) in [4.78, 5) is 12.9. The van der Waals surface area contributed by atoms with Gasteiger partial charge in [0.15, 0.2) is 0 Å². The highest BCUT2D eigenvalue weighted by atomic mass is 35.5. The van der Waals surface area contributed by atoms with Crippen molar-refractivity contribution in [2.75, 3.05) is 12.4 Å². The van der Waals surface area contributed by atoms with Gasteiger partial charge in [0.1, 0.15) is 0 Å². The average molecular weight is 286 g/mol. The Hall–Kier alpha value is -0.540. The lowest BCUT2D eigenvalue weighted by Crippen LogP contribution is -2.40. The predicted molar refractivity (Wildman–Crippen MR) is 77.6 cm³/mol. The summed E-state index contributed by atoms with van der Waals surface area (Å²) in [7, 11) is 0. The minimum atomic E-state index is 0.0533. The van der Waals surface area contributed by atoms with Crippen molar-refractivity contribution in [1.82, 2.24) is 5.32 Å². The Morgan fingerprint density at radius 1 is 1.44 bits per heavy atom. The van der Waals surface area contributed by atoms with E-state index in [1.54, 1.807) is 0 Å². The number of nitrogens with one attached hydrogen (secondary N) is 1. The molecule has 0 aromatic carbocycles. The van der Waals surface area contributed by atoms with Crippen molar-refractivity contribution in [2.24, 2.45) is 5.41 Å². The maximum absolute atomic E-state index is 12.1. The fraction of sp³-hybridized carbons (Fsp3) is 0.643. The quantitative estimate of drug-likeness (QED) is 0.833. The SMILES string of the molecule is Cc1ccsc1C(=O)NCC1(CCl)CCCCC1. The van der Waals surface area contributed by atoms with E-state index in [0.717, 1.165) is 23.3 Å². The first-order valence-electron chi connectivity index (χ1n) is 6.55. The molecule has 0 bridgehead atoms. The molecule has 0 saturated heterocycles. The largest absolute Gasteiger partial charge is 0.351 e. The number of carbonyl (C=O) groups is 1. The fourth-order valence-electron chi connectivity index (χ4n) is 2.61. The minimum Gasteiger partial charge on any atom is -0.351 e. The van der Waals surface area contributed by atoms with E-state index in [2.05, 4.69) is 5.32 Å². The number of thiophene rings is 1. The first-order valence-corrected chi connectivity index (χ1v) is 7.97. The molecule has 0 atom stereocenters. The van der Waals surface area contributed by atoms with Crippen LogP contribution in [0.1, 0.15) is 47.3 Å². The summed E-state index contributed by atoms with van der Waals surface area (Å²) < 4.78 is 0. The molecule has 1 N–H and O–H groups in total. The summed E-state index contributed by atoms with van der Waals surface area (Å²) in [5.74, 6) is 0.703. The van der Waals surface area contributed by atoms with Crippen molar-refractivity contribution in [3.05, 3.63) is 21.9 Å². The van der Waals surface area contributed by atoms with Crippen LogP contribution in [0.4, 0.5) is 0 Å². The van der Waals surface area contributed by atoms with Crippen LogP contribution in [0.15, 0.2) is 11.4 Å². The molecular weight excluding hydrogens is 266 g/mol. The van der Waals surface area contributed by atoms with Crippen molar-refractivity contribution in [2.45, 2.75) is 39.0 Å². The lowest BCUT2D eigenvalue weighted by atomic mass is 9.75. The van der Waals surface area contributed by atoms with E-state index in [4.69, 9.17) is 11.6 Å². The van der Waals surface area contributed by atoms with Gasteiger partial charge >= 0.3 is 0 Å². The zero-order valence-electron chi connectivity index (χ0n) is 10.8. The van der Waals surface area contributed by atoms with Gasteiger partial charge < -0.3 is 5.32 Å². The predicted octanol–water partition coefficient (Wildman–Crippen LogP) is 3.98. The van der Waals surface area contributed by atoms with Crippen molar-refractivity contribution in [3.8, 4) is 0 Å². The summed E-state index contributed by atoms with van der Waals surface area (Å²) in [6.07, 6.45) is 6.05. The minimum absolute atomic E-state index is 0.0533. The molecule has 1 saturated carbocycles. The van der Waals surface area contributed by atoms with Crippen LogP contribution in [-0.4, -0.2) is 18.3 Å². The van der Waals surface area contributed by atoms with Gasteiger partial charge in [-0.1, -0.05) is 19.3 Å². The van der Waals surface area contributed by atoms with Crippen LogP contribution in [0, 0.1) is 12.3 Å². The van der Waals surface area contributed by atoms with Crippen LogP contribution in [0.5, 0.6) is 0 Å². The zero-order chi connectivity index (χ0) is 13.0. The summed E-state index contributed by atoms with van der Waals surface area (Å²) in [6.45, 7) is 2.69. The smallest absolute Gasteiger partial charge is 0.261 e. The van der Waals surface area contributed by atoms with Crippen LogP contribution >= 0.6 is 22.9 Å². The van der Waals surface area contributed by atoms with Gasteiger partial charge in [-0.15, -0.1) is 22.9 Å². The highest BCUT2D eigenvalue weighted by Crippen LogP contribution is 2.36. The Morgan fingerprint density at radius 3 is 2.72 bits per heavy atom. The third kappa shape index (κ3) is 3.07. The van der Waals surface area contributed by atoms with E-state index in [1.165, 1.54) is 30.6 Å². The van der Waals surface area contributed by atoms with Gasteiger partial charge in [0, 0.05) is 17.8 Å². The van der Waals surface area contributed by atoms with Gasteiger partial charge in [-0.25, -0.2) is 0 Å². The highest BCUT2D eigenvalue weighted by molar-refractivity contribution is 7.12. The van der Waals surface area contributed by atoms with Gasteiger partial charge in [0.25, 0.3) is 5.91 Å². The van der Waals surface area contributed by atoms with Gasteiger partial charge in [-0.05, 0) is 36.8 Å². The number of hydrogen-bond donors (Lipinski definition) is 1. The Labute approximate surface area is 118 Å². The molecule has 1 amide bonds. The molecule has 100 valence electrons. The van der Waals surface area contributed by atoms with Crippen LogP contribution in [-0.2, 0) is 0 Å². The Morgan fingerprint density at radius 2 is 2.17 bits per heavy atom. The van der Waals surface area contributed by atoms with Crippen molar-refractivity contribution >= 4 is 28.8 Å². The van der Waals surface area contributed by atoms with E-state index in [0.29, 0.717) is 12.4 Å². The molecule has 1 heterocycles. The highest BCUT2D eigenvalue weighted by Gasteiger charge is 2.31. The second-order valence-electron chi connectivity index (χ2n) is 5.31. The first-order chi connectivity index (χ1) is 8.67. The number of hydrogen-bond acceptors (Lipinski definition) is 2. The Bertz CT molecular complexity index is 410. The lowest BCUT2D eigenvalue weighted by Gasteiger charge is -2.35. The monoisotopic (exact) mass is 285 g/mol. The summed E-state index contributed by atoms with van der Waals surface area (Å²) in [5, 5.41) is 5.03. The molecule has 18 heavy (non-hydrogen) atoms. The van der Waals surface area contributed by atoms with Crippen molar-refractivity contribution in [3.63, 3.8) is 0 Å². The van der Waals surface area contributed by atoms with E-state index >= 15 is 0 Å². The van der Waals surface area contributed by atoms with E-state index in [9.17, 15) is 4.79 Å².